The van der Waals surface area contributed by atoms with Gasteiger partial charge in [-0.2, -0.15) is 0 Å². The van der Waals surface area contributed by atoms with Crippen LogP contribution in [0.2, 0.25) is 0 Å². The molecule has 1 aromatic heterocycles. The first-order chi connectivity index (χ1) is 12.0. The Hall–Kier alpha value is -2.96. The Kier molecular flexibility index (Phi) is 4.65. The normalized spacial score (nSPS) is 19.7. The summed E-state index contributed by atoms with van der Waals surface area (Å²) in [5.41, 5.74) is 5.91. The lowest BCUT2D eigenvalue weighted by molar-refractivity contribution is 0.0248. The van der Waals surface area contributed by atoms with Gasteiger partial charge in [-0.05, 0) is 36.8 Å². The van der Waals surface area contributed by atoms with Gasteiger partial charge in [0.05, 0.1) is 0 Å². The molecule has 1 aliphatic rings. The van der Waals surface area contributed by atoms with Gasteiger partial charge < -0.3 is 15.8 Å². The molecule has 25 heavy (non-hydrogen) atoms. The standard InChI is InChI=1S/C18H19FN4O2/c1-2-18(8-10-22-17(20)25-18)13-11-12(6-7-14(13)19)23-16(24)15-5-3-4-9-21-15/h3-7,9,11H,2,8,10H2,1H3,(H2,20,22)(H,23,24)/t18-/m0/s1. The van der Waals surface area contributed by atoms with E-state index >= 15 is 0 Å². The van der Waals surface area contributed by atoms with E-state index in [1.165, 1.54) is 18.3 Å². The maximum absolute atomic E-state index is 14.5. The molecule has 2 aromatic rings. The second kappa shape index (κ2) is 6.88. The molecule has 0 saturated carbocycles. The lowest BCUT2D eigenvalue weighted by atomic mass is 9.86. The second-order valence-electron chi connectivity index (χ2n) is 5.78. The van der Waals surface area contributed by atoms with Crippen molar-refractivity contribution in [2.45, 2.75) is 25.4 Å². The molecule has 130 valence electrons. The van der Waals surface area contributed by atoms with Crippen molar-refractivity contribution in [2.75, 3.05) is 11.9 Å². The molecule has 0 bridgehead atoms. The number of carbonyl (C=O) groups is 1. The summed E-state index contributed by atoms with van der Waals surface area (Å²) in [6.45, 7) is 2.36. The van der Waals surface area contributed by atoms with Crippen LogP contribution in [-0.4, -0.2) is 23.5 Å². The van der Waals surface area contributed by atoms with Crippen LogP contribution >= 0.6 is 0 Å². The number of ether oxygens (including phenoxy) is 1. The number of nitrogens with two attached hydrogens (primary N) is 1. The summed E-state index contributed by atoms with van der Waals surface area (Å²) in [4.78, 5) is 20.3. The molecule has 1 aromatic carbocycles. The van der Waals surface area contributed by atoms with Crippen LogP contribution in [0, 0.1) is 5.82 Å². The highest BCUT2D eigenvalue weighted by Gasteiger charge is 2.38. The summed E-state index contributed by atoms with van der Waals surface area (Å²) in [6.07, 6.45) is 2.58. The summed E-state index contributed by atoms with van der Waals surface area (Å²) < 4.78 is 20.2. The molecule has 6 nitrogen and oxygen atoms in total. The largest absolute Gasteiger partial charge is 0.454 e. The topological polar surface area (TPSA) is 89.6 Å². The van der Waals surface area contributed by atoms with Gasteiger partial charge in [0.2, 0.25) is 0 Å². The number of halogens is 1. The zero-order chi connectivity index (χ0) is 17.9. The fraction of sp³-hybridized carbons (Fsp3) is 0.278. The fourth-order valence-electron chi connectivity index (χ4n) is 2.90. The fourth-order valence-corrected chi connectivity index (χ4v) is 2.90. The average Bonchev–Trinajstić information content (AvgIpc) is 2.64. The Morgan fingerprint density at radius 2 is 2.24 bits per heavy atom. The highest BCUT2D eigenvalue weighted by Crippen LogP contribution is 2.38. The number of amides is 1. The van der Waals surface area contributed by atoms with Crippen LogP contribution in [0.3, 0.4) is 0 Å². The van der Waals surface area contributed by atoms with Crippen molar-refractivity contribution in [3.05, 3.63) is 59.7 Å². The minimum Gasteiger partial charge on any atom is -0.454 e. The van der Waals surface area contributed by atoms with Gasteiger partial charge in [0.1, 0.15) is 17.1 Å². The van der Waals surface area contributed by atoms with E-state index in [1.54, 1.807) is 24.3 Å². The molecule has 2 heterocycles. The van der Waals surface area contributed by atoms with E-state index in [0.717, 1.165) is 0 Å². The summed E-state index contributed by atoms with van der Waals surface area (Å²) in [6, 6.07) is 9.50. The van der Waals surface area contributed by atoms with Gasteiger partial charge in [-0.15, -0.1) is 0 Å². The number of hydrogen-bond donors (Lipinski definition) is 2. The zero-order valence-corrected chi connectivity index (χ0v) is 13.8. The maximum Gasteiger partial charge on any atom is 0.282 e. The number of pyridine rings is 1. The van der Waals surface area contributed by atoms with Crippen molar-refractivity contribution in [1.29, 1.82) is 0 Å². The molecule has 1 atom stereocenters. The average molecular weight is 342 g/mol. The lowest BCUT2D eigenvalue weighted by Gasteiger charge is -2.36. The predicted molar refractivity (Wildman–Crippen MR) is 92.8 cm³/mol. The van der Waals surface area contributed by atoms with Gasteiger partial charge in [0.15, 0.2) is 0 Å². The molecular weight excluding hydrogens is 323 g/mol. The molecule has 0 fully saturated rings. The number of rotatable bonds is 4. The third kappa shape index (κ3) is 3.45. The first-order valence-electron chi connectivity index (χ1n) is 8.05. The lowest BCUT2D eigenvalue weighted by Crippen LogP contribution is -2.40. The molecule has 1 amide bonds. The third-order valence-corrected chi connectivity index (χ3v) is 4.27. The number of nitrogens with one attached hydrogen (secondary N) is 1. The Balaban J connectivity index is 1.90. The molecule has 0 aliphatic carbocycles. The minimum absolute atomic E-state index is 0.0513. The second-order valence-corrected chi connectivity index (χ2v) is 5.78. The Morgan fingerprint density at radius 1 is 1.40 bits per heavy atom. The molecule has 1 aliphatic heterocycles. The Morgan fingerprint density at radius 3 is 2.92 bits per heavy atom. The van der Waals surface area contributed by atoms with Gasteiger partial charge in [0, 0.05) is 30.4 Å². The predicted octanol–water partition coefficient (Wildman–Crippen LogP) is 2.81. The van der Waals surface area contributed by atoms with Crippen LogP contribution in [0.1, 0.15) is 35.8 Å². The summed E-state index contributed by atoms with van der Waals surface area (Å²) in [5.74, 6) is -0.776. The smallest absolute Gasteiger partial charge is 0.282 e. The molecule has 0 unspecified atom stereocenters. The first kappa shape index (κ1) is 16.9. The van der Waals surface area contributed by atoms with Crippen LogP contribution in [0.4, 0.5) is 10.1 Å². The maximum atomic E-state index is 14.5. The van der Waals surface area contributed by atoms with Gasteiger partial charge in [-0.3, -0.25) is 9.78 Å². The van der Waals surface area contributed by atoms with Crippen molar-refractivity contribution < 1.29 is 13.9 Å². The van der Waals surface area contributed by atoms with Crippen molar-refractivity contribution in [3.63, 3.8) is 0 Å². The first-order valence-corrected chi connectivity index (χ1v) is 8.05. The molecule has 3 rings (SSSR count). The van der Waals surface area contributed by atoms with Crippen LogP contribution in [-0.2, 0) is 10.3 Å². The molecule has 7 heteroatoms. The number of aliphatic imine (C=N–C) groups is 1. The number of nitrogens with zero attached hydrogens (tertiary/aromatic N) is 2. The quantitative estimate of drug-likeness (QED) is 0.894. The molecule has 0 spiro atoms. The molecular formula is C18H19FN4O2. The van der Waals surface area contributed by atoms with Gasteiger partial charge in [-0.1, -0.05) is 13.0 Å². The van der Waals surface area contributed by atoms with Crippen molar-refractivity contribution in [3.8, 4) is 0 Å². The summed E-state index contributed by atoms with van der Waals surface area (Å²) >= 11 is 0. The van der Waals surface area contributed by atoms with Gasteiger partial charge in [-0.25, -0.2) is 9.38 Å². The van der Waals surface area contributed by atoms with Crippen LogP contribution in [0.25, 0.3) is 0 Å². The Bertz CT molecular complexity index is 810. The number of benzene rings is 1. The highest BCUT2D eigenvalue weighted by molar-refractivity contribution is 6.02. The highest BCUT2D eigenvalue weighted by atomic mass is 19.1. The van der Waals surface area contributed by atoms with Gasteiger partial charge in [0.25, 0.3) is 11.9 Å². The Labute approximate surface area is 144 Å². The van der Waals surface area contributed by atoms with E-state index < -0.39 is 11.4 Å². The number of carbonyl (C=O) groups excluding carboxylic acids is 1. The van der Waals surface area contributed by atoms with E-state index in [-0.39, 0.29) is 17.6 Å². The summed E-state index contributed by atoms with van der Waals surface area (Å²) in [5, 5.41) is 2.73. The molecule has 0 radical (unpaired) electrons. The summed E-state index contributed by atoms with van der Waals surface area (Å²) in [7, 11) is 0. The van der Waals surface area contributed by atoms with E-state index in [9.17, 15) is 9.18 Å². The van der Waals surface area contributed by atoms with E-state index in [2.05, 4.69) is 15.3 Å². The minimum atomic E-state index is -0.887. The third-order valence-electron chi connectivity index (χ3n) is 4.27. The zero-order valence-electron chi connectivity index (χ0n) is 13.8. The van der Waals surface area contributed by atoms with Crippen molar-refractivity contribution >= 4 is 17.6 Å². The van der Waals surface area contributed by atoms with Crippen LogP contribution in [0.15, 0.2) is 47.6 Å². The monoisotopic (exact) mass is 342 g/mol. The number of aromatic nitrogens is 1. The van der Waals surface area contributed by atoms with Crippen LogP contribution in [0.5, 0.6) is 0 Å². The van der Waals surface area contributed by atoms with Gasteiger partial charge >= 0.3 is 0 Å². The molecule has 3 N–H and O–H groups in total. The van der Waals surface area contributed by atoms with E-state index in [4.69, 9.17) is 10.5 Å². The SMILES string of the molecule is CC[C@@]1(c2cc(NC(=O)c3ccccn3)ccc2F)CCN=C(N)O1. The molecule has 0 saturated heterocycles. The number of amidine groups is 1. The van der Waals surface area contributed by atoms with E-state index in [0.29, 0.717) is 30.6 Å². The van der Waals surface area contributed by atoms with E-state index in [1.807, 2.05) is 6.92 Å². The number of hydrogen-bond acceptors (Lipinski definition) is 5. The van der Waals surface area contributed by atoms with Crippen LogP contribution < -0.4 is 11.1 Å². The van der Waals surface area contributed by atoms with Crippen molar-refractivity contribution in [1.82, 2.24) is 4.98 Å². The number of anilines is 1. The van der Waals surface area contributed by atoms with Crippen molar-refractivity contribution in [2.24, 2.45) is 10.7 Å².